The molecular formula is C16H16BrNO4. The maximum atomic E-state index is 11.0. The molecule has 1 aliphatic carbocycles. The van der Waals surface area contributed by atoms with Gasteiger partial charge in [0.05, 0.1) is 16.6 Å². The number of aryl methyl sites for hydroxylation is 1. The van der Waals surface area contributed by atoms with E-state index >= 15 is 0 Å². The van der Waals surface area contributed by atoms with Gasteiger partial charge in [-0.2, -0.15) is 0 Å². The van der Waals surface area contributed by atoms with Crippen LogP contribution in [-0.2, 0) is 0 Å². The van der Waals surface area contributed by atoms with Gasteiger partial charge in [0, 0.05) is 6.07 Å². The van der Waals surface area contributed by atoms with Crippen LogP contribution < -0.4 is 4.74 Å². The lowest BCUT2D eigenvalue weighted by atomic mass is 9.86. The summed E-state index contributed by atoms with van der Waals surface area (Å²) in [6, 6.07) is 5.29. The Morgan fingerprint density at radius 2 is 2.23 bits per heavy atom. The number of carbonyl (C=O) groups is 1. The molecule has 0 bridgehead atoms. The number of nitrogens with zero attached hydrogens (tertiary/aromatic N) is 1. The number of carboxylic acids is 1. The summed E-state index contributed by atoms with van der Waals surface area (Å²) in [4.78, 5) is 11.0. The molecule has 0 atom stereocenters. The van der Waals surface area contributed by atoms with Gasteiger partial charge in [0.1, 0.15) is 5.75 Å². The summed E-state index contributed by atoms with van der Waals surface area (Å²) in [6.07, 6.45) is 3.66. The zero-order valence-corrected chi connectivity index (χ0v) is 13.7. The summed E-state index contributed by atoms with van der Waals surface area (Å²) in [5.74, 6) is 0.556. The molecule has 1 aromatic carbocycles. The van der Waals surface area contributed by atoms with Gasteiger partial charge >= 0.3 is 5.97 Å². The van der Waals surface area contributed by atoms with E-state index in [2.05, 4.69) is 21.1 Å². The minimum absolute atomic E-state index is 0.113. The topological polar surface area (TPSA) is 72.6 Å². The number of aromatic nitrogens is 1. The third-order valence-electron chi connectivity index (χ3n) is 3.87. The predicted octanol–water partition coefficient (Wildman–Crippen LogP) is 4.29. The summed E-state index contributed by atoms with van der Waals surface area (Å²) in [5.41, 5.74) is 1.62. The van der Waals surface area contributed by atoms with Crippen molar-refractivity contribution in [2.45, 2.75) is 26.2 Å². The average Bonchev–Trinajstić information content (AvgIpc) is 2.88. The first kappa shape index (κ1) is 15.1. The van der Waals surface area contributed by atoms with Crippen LogP contribution in [0.15, 0.2) is 27.2 Å². The van der Waals surface area contributed by atoms with Gasteiger partial charge in [0.25, 0.3) is 0 Å². The van der Waals surface area contributed by atoms with Gasteiger partial charge < -0.3 is 14.4 Å². The number of hydrogen-bond donors (Lipinski definition) is 1. The zero-order chi connectivity index (χ0) is 15.7. The number of carboxylic acid groups (broad SMARTS) is 1. The van der Waals surface area contributed by atoms with Gasteiger partial charge in [0.15, 0.2) is 11.5 Å². The van der Waals surface area contributed by atoms with E-state index in [9.17, 15) is 4.79 Å². The van der Waals surface area contributed by atoms with Crippen molar-refractivity contribution in [3.8, 4) is 17.1 Å². The van der Waals surface area contributed by atoms with Crippen LogP contribution >= 0.6 is 15.9 Å². The Morgan fingerprint density at radius 1 is 1.45 bits per heavy atom. The second kappa shape index (κ2) is 6.12. The molecule has 116 valence electrons. The van der Waals surface area contributed by atoms with Crippen molar-refractivity contribution in [1.82, 2.24) is 5.16 Å². The van der Waals surface area contributed by atoms with E-state index in [1.165, 1.54) is 25.3 Å². The molecule has 0 spiro atoms. The van der Waals surface area contributed by atoms with Crippen LogP contribution in [0.5, 0.6) is 5.75 Å². The molecule has 0 aliphatic heterocycles. The Morgan fingerprint density at radius 3 is 2.82 bits per heavy atom. The van der Waals surface area contributed by atoms with Crippen molar-refractivity contribution in [1.29, 1.82) is 0 Å². The molecule has 0 unspecified atom stereocenters. The van der Waals surface area contributed by atoms with Crippen molar-refractivity contribution in [3.63, 3.8) is 0 Å². The molecule has 1 N–H and O–H groups in total. The van der Waals surface area contributed by atoms with Crippen molar-refractivity contribution < 1.29 is 19.2 Å². The Balaban J connectivity index is 1.94. The van der Waals surface area contributed by atoms with E-state index in [0.29, 0.717) is 29.6 Å². The fourth-order valence-electron chi connectivity index (χ4n) is 2.42. The van der Waals surface area contributed by atoms with Gasteiger partial charge in [-0.05, 0) is 59.3 Å². The number of ether oxygens (including phenoxy) is 1. The number of benzene rings is 1. The van der Waals surface area contributed by atoms with Crippen LogP contribution in [0.25, 0.3) is 11.3 Å². The van der Waals surface area contributed by atoms with E-state index in [1.54, 1.807) is 0 Å². The summed E-state index contributed by atoms with van der Waals surface area (Å²) < 4.78 is 12.0. The second-order valence-corrected chi connectivity index (χ2v) is 6.47. The van der Waals surface area contributed by atoms with Crippen LogP contribution in [0.3, 0.4) is 0 Å². The highest BCUT2D eigenvalue weighted by Crippen LogP contribution is 2.39. The third-order valence-corrected chi connectivity index (χ3v) is 4.46. The van der Waals surface area contributed by atoms with Crippen LogP contribution in [0.4, 0.5) is 0 Å². The van der Waals surface area contributed by atoms with Crippen molar-refractivity contribution in [2.75, 3.05) is 6.61 Å². The van der Waals surface area contributed by atoms with Crippen molar-refractivity contribution >= 4 is 21.9 Å². The van der Waals surface area contributed by atoms with Gasteiger partial charge in [-0.15, -0.1) is 0 Å². The van der Waals surface area contributed by atoms with E-state index in [0.717, 1.165) is 10.0 Å². The summed E-state index contributed by atoms with van der Waals surface area (Å²) >= 11 is 3.52. The number of hydrogen-bond acceptors (Lipinski definition) is 4. The van der Waals surface area contributed by atoms with E-state index in [-0.39, 0.29) is 5.69 Å². The highest BCUT2D eigenvalue weighted by atomic mass is 79.9. The first-order chi connectivity index (χ1) is 10.5. The van der Waals surface area contributed by atoms with Crippen LogP contribution in [-0.4, -0.2) is 22.8 Å². The molecule has 2 aromatic rings. The molecule has 1 saturated carbocycles. The van der Waals surface area contributed by atoms with Gasteiger partial charge in [-0.25, -0.2) is 4.79 Å². The molecule has 5 nitrogen and oxygen atoms in total. The molecule has 6 heteroatoms. The molecular weight excluding hydrogens is 350 g/mol. The first-order valence-electron chi connectivity index (χ1n) is 7.18. The lowest BCUT2D eigenvalue weighted by molar-refractivity contribution is 0.0686. The highest BCUT2D eigenvalue weighted by molar-refractivity contribution is 9.10. The highest BCUT2D eigenvalue weighted by Gasteiger charge is 2.22. The van der Waals surface area contributed by atoms with Crippen molar-refractivity contribution in [2.24, 2.45) is 5.92 Å². The molecule has 1 aliphatic rings. The minimum Gasteiger partial charge on any atom is -0.491 e. The largest absolute Gasteiger partial charge is 0.491 e. The molecule has 0 saturated heterocycles. The van der Waals surface area contributed by atoms with Gasteiger partial charge in [-0.3, -0.25) is 0 Å². The van der Waals surface area contributed by atoms with E-state index in [1.807, 2.05) is 19.1 Å². The second-order valence-electron chi connectivity index (χ2n) is 5.61. The lowest BCUT2D eigenvalue weighted by Gasteiger charge is -2.26. The monoisotopic (exact) mass is 365 g/mol. The lowest BCUT2D eigenvalue weighted by Crippen LogP contribution is -2.19. The SMILES string of the molecule is Cc1cc(Br)c(OCC2CCC2)c(-c2cc(C(=O)O)no2)c1. The molecule has 0 amide bonds. The van der Waals surface area contributed by atoms with Gasteiger partial charge in [-0.1, -0.05) is 11.6 Å². The van der Waals surface area contributed by atoms with Crippen LogP contribution in [0, 0.1) is 12.8 Å². The molecule has 1 heterocycles. The standard InChI is InChI=1S/C16H16BrNO4/c1-9-5-11(14-7-13(16(19)20)18-22-14)15(12(17)6-9)21-8-10-3-2-4-10/h5-7,10H,2-4,8H2,1H3,(H,19,20). The Kier molecular flexibility index (Phi) is 4.20. The normalized spacial score (nSPS) is 14.6. The number of halogens is 1. The quantitative estimate of drug-likeness (QED) is 0.855. The molecule has 1 fully saturated rings. The first-order valence-corrected chi connectivity index (χ1v) is 7.97. The maximum Gasteiger partial charge on any atom is 0.358 e. The molecule has 22 heavy (non-hydrogen) atoms. The van der Waals surface area contributed by atoms with Crippen LogP contribution in [0.1, 0.15) is 35.3 Å². The number of aromatic carboxylic acids is 1. The minimum atomic E-state index is -1.11. The molecule has 1 aromatic heterocycles. The average molecular weight is 366 g/mol. The maximum absolute atomic E-state index is 11.0. The Labute approximate surface area is 136 Å². The Hall–Kier alpha value is -1.82. The molecule has 0 radical (unpaired) electrons. The summed E-state index contributed by atoms with van der Waals surface area (Å²) in [5, 5.41) is 12.5. The third kappa shape index (κ3) is 3.02. The fourth-order valence-corrected chi connectivity index (χ4v) is 3.11. The Bertz CT molecular complexity index is 706. The smallest absolute Gasteiger partial charge is 0.358 e. The molecule has 3 rings (SSSR count). The van der Waals surface area contributed by atoms with Crippen molar-refractivity contribution in [3.05, 3.63) is 33.9 Å². The zero-order valence-electron chi connectivity index (χ0n) is 12.1. The van der Waals surface area contributed by atoms with E-state index < -0.39 is 5.97 Å². The number of rotatable bonds is 5. The summed E-state index contributed by atoms with van der Waals surface area (Å²) in [6.45, 7) is 2.62. The van der Waals surface area contributed by atoms with Gasteiger partial charge in [0.2, 0.25) is 0 Å². The fraction of sp³-hybridized carbons (Fsp3) is 0.375. The predicted molar refractivity (Wildman–Crippen MR) is 84.2 cm³/mol. The van der Waals surface area contributed by atoms with Crippen LogP contribution in [0.2, 0.25) is 0 Å². The summed E-state index contributed by atoms with van der Waals surface area (Å²) in [7, 11) is 0. The van der Waals surface area contributed by atoms with E-state index in [4.69, 9.17) is 14.4 Å².